The van der Waals surface area contributed by atoms with E-state index in [-0.39, 0.29) is 22.4 Å². The molecule has 29 heavy (non-hydrogen) atoms. The van der Waals surface area contributed by atoms with Crippen molar-refractivity contribution in [1.82, 2.24) is 4.98 Å². The Morgan fingerprint density at radius 2 is 1.83 bits per heavy atom. The van der Waals surface area contributed by atoms with Gasteiger partial charge in [0, 0.05) is 17.0 Å². The summed E-state index contributed by atoms with van der Waals surface area (Å²) in [6.07, 6.45) is 0. The van der Waals surface area contributed by atoms with Crippen LogP contribution in [-0.4, -0.2) is 10.9 Å². The van der Waals surface area contributed by atoms with Crippen molar-refractivity contribution in [3.05, 3.63) is 81.5 Å². The number of nitrogens with one attached hydrogen (secondary N) is 1. The van der Waals surface area contributed by atoms with Gasteiger partial charge in [-0.05, 0) is 19.1 Å². The zero-order valence-corrected chi connectivity index (χ0v) is 16.1. The van der Waals surface area contributed by atoms with Crippen molar-refractivity contribution in [2.45, 2.75) is 6.92 Å². The van der Waals surface area contributed by atoms with Crippen molar-refractivity contribution in [2.24, 2.45) is 0 Å². The van der Waals surface area contributed by atoms with Gasteiger partial charge in [0.15, 0.2) is 10.9 Å². The number of anilines is 1. The van der Waals surface area contributed by atoms with Crippen LogP contribution in [0.1, 0.15) is 16.1 Å². The summed E-state index contributed by atoms with van der Waals surface area (Å²) in [7, 11) is 0. The summed E-state index contributed by atoms with van der Waals surface area (Å²) in [6.45, 7) is 2.02. The van der Waals surface area contributed by atoms with Crippen LogP contribution < -0.4 is 10.7 Å². The first kappa shape index (κ1) is 17.4. The third-order valence-electron chi connectivity index (χ3n) is 4.57. The van der Waals surface area contributed by atoms with Crippen molar-refractivity contribution >= 4 is 44.5 Å². The highest BCUT2D eigenvalue weighted by molar-refractivity contribution is 7.14. The van der Waals surface area contributed by atoms with Gasteiger partial charge in [0.2, 0.25) is 5.43 Å². The number of hydrogen-bond acceptors (Lipinski definition) is 6. The number of nitrogens with zero attached hydrogens (tertiary/aromatic N) is 1. The number of rotatable bonds is 3. The van der Waals surface area contributed by atoms with Crippen molar-refractivity contribution in [3.8, 4) is 11.3 Å². The number of fused-ring (bicyclic) bond motifs is 2. The summed E-state index contributed by atoms with van der Waals surface area (Å²) < 4.78 is 11.1. The standard InChI is InChI=1S/C22H14N2O4S/c1-12-6-8-13(9-7-12)16-11-29-22(23-16)24-20(26)18-10-15-19(25)14-4-2-3-5-17(14)27-21(15)28-18/h2-11H,1H3,(H,23,24,26). The number of carbonyl (C=O) groups is 1. The van der Waals surface area contributed by atoms with Gasteiger partial charge in [-0.25, -0.2) is 4.98 Å². The molecule has 0 spiro atoms. The molecule has 0 saturated heterocycles. The van der Waals surface area contributed by atoms with Gasteiger partial charge in [0.05, 0.1) is 11.1 Å². The van der Waals surface area contributed by atoms with Crippen LogP contribution in [0.5, 0.6) is 0 Å². The number of para-hydroxylation sites is 1. The normalized spacial score (nSPS) is 11.2. The number of aryl methyl sites for hydroxylation is 1. The van der Waals surface area contributed by atoms with Crippen molar-refractivity contribution in [1.29, 1.82) is 0 Å². The van der Waals surface area contributed by atoms with E-state index in [4.69, 9.17) is 8.83 Å². The van der Waals surface area contributed by atoms with E-state index in [1.165, 1.54) is 23.0 Å². The lowest BCUT2D eigenvalue weighted by molar-refractivity contribution is 0.0997. The molecule has 2 aromatic carbocycles. The predicted molar refractivity (Wildman–Crippen MR) is 112 cm³/mol. The summed E-state index contributed by atoms with van der Waals surface area (Å²) in [5, 5.41) is 5.69. The van der Waals surface area contributed by atoms with Gasteiger partial charge >= 0.3 is 5.78 Å². The quantitative estimate of drug-likeness (QED) is 0.447. The molecule has 3 heterocycles. The predicted octanol–water partition coefficient (Wildman–Crippen LogP) is 5.22. The first-order valence-electron chi connectivity index (χ1n) is 8.88. The molecule has 7 heteroatoms. The van der Waals surface area contributed by atoms with E-state index in [9.17, 15) is 9.59 Å². The lowest BCUT2D eigenvalue weighted by Crippen LogP contribution is -2.10. The Bertz CT molecular complexity index is 1430. The molecule has 0 bridgehead atoms. The van der Waals surface area contributed by atoms with Gasteiger partial charge in [-0.2, -0.15) is 0 Å². The van der Waals surface area contributed by atoms with Crippen LogP contribution >= 0.6 is 11.3 Å². The van der Waals surface area contributed by atoms with Crippen LogP contribution in [0.4, 0.5) is 5.13 Å². The van der Waals surface area contributed by atoms with Gasteiger partial charge in [0.25, 0.3) is 5.91 Å². The second-order valence-electron chi connectivity index (χ2n) is 6.60. The number of aromatic nitrogens is 1. The Balaban J connectivity index is 1.44. The topological polar surface area (TPSA) is 85.3 Å². The Morgan fingerprint density at radius 3 is 2.66 bits per heavy atom. The largest absolute Gasteiger partial charge is 0.425 e. The number of benzene rings is 2. The van der Waals surface area contributed by atoms with E-state index in [0.717, 1.165) is 11.3 Å². The molecule has 6 nitrogen and oxygen atoms in total. The lowest BCUT2D eigenvalue weighted by Gasteiger charge is -1.98. The minimum atomic E-state index is -0.496. The van der Waals surface area contributed by atoms with Crippen LogP contribution in [0.3, 0.4) is 0 Å². The van der Waals surface area contributed by atoms with Crippen LogP contribution in [0, 0.1) is 6.92 Å². The minimum Gasteiger partial charge on any atom is -0.425 e. The summed E-state index contributed by atoms with van der Waals surface area (Å²) in [5.74, 6) is -0.480. The van der Waals surface area contributed by atoms with Gasteiger partial charge in [-0.15, -0.1) is 11.3 Å². The molecule has 0 atom stereocenters. The average Bonchev–Trinajstić information content (AvgIpc) is 3.36. The third-order valence-corrected chi connectivity index (χ3v) is 5.33. The Kier molecular flexibility index (Phi) is 4.03. The van der Waals surface area contributed by atoms with E-state index < -0.39 is 5.91 Å². The molecular weight excluding hydrogens is 388 g/mol. The molecular formula is C22H14N2O4S. The molecule has 0 aliphatic carbocycles. The Morgan fingerprint density at radius 1 is 1.03 bits per heavy atom. The molecule has 0 unspecified atom stereocenters. The molecule has 0 aliphatic rings. The molecule has 0 radical (unpaired) electrons. The zero-order valence-electron chi connectivity index (χ0n) is 15.3. The molecule has 0 fully saturated rings. The SMILES string of the molecule is Cc1ccc(-c2csc(NC(=O)c3cc4c(=O)c5ccccc5oc4o3)n2)cc1. The first-order valence-corrected chi connectivity index (χ1v) is 9.76. The Hall–Kier alpha value is -3.71. The maximum atomic E-state index is 12.6. The van der Waals surface area contributed by atoms with Crippen LogP contribution in [0.15, 0.2) is 73.6 Å². The van der Waals surface area contributed by atoms with Crippen LogP contribution in [0.2, 0.25) is 0 Å². The molecule has 0 saturated carbocycles. The number of amides is 1. The smallest absolute Gasteiger partial charge is 0.302 e. The number of thiazole rings is 1. The highest BCUT2D eigenvalue weighted by Crippen LogP contribution is 2.26. The molecule has 3 aromatic heterocycles. The van der Waals surface area contributed by atoms with E-state index >= 15 is 0 Å². The van der Waals surface area contributed by atoms with E-state index in [1.54, 1.807) is 24.3 Å². The van der Waals surface area contributed by atoms with Crippen molar-refractivity contribution in [3.63, 3.8) is 0 Å². The zero-order chi connectivity index (χ0) is 20.0. The monoisotopic (exact) mass is 402 g/mol. The van der Waals surface area contributed by atoms with Crippen molar-refractivity contribution < 1.29 is 13.6 Å². The summed E-state index contributed by atoms with van der Waals surface area (Å²) in [6, 6.07) is 16.3. The van der Waals surface area contributed by atoms with Crippen molar-refractivity contribution in [2.75, 3.05) is 5.32 Å². The maximum absolute atomic E-state index is 12.6. The highest BCUT2D eigenvalue weighted by atomic mass is 32.1. The molecule has 5 aromatic rings. The van der Waals surface area contributed by atoms with Gasteiger partial charge in [-0.1, -0.05) is 42.0 Å². The van der Waals surface area contributed by atoms with E-state index in [1.807, 2.05) is 36.6 Å². The van der Waals surface area contributed by atoms with E-state index in [2.05, 4.69) is 10.3 Å². The molecule has 1 amide bonds. The second kappa shape index (κ2) is 6.72. The fraction of sp³-hybridized carbons (Fsp3) is 0.0455. The van der Waals surface area contributed by atoms with Crippen LogP contribution in [0.25, 0.3) is 33.4 Å². The fourth-order valence-electron chi connectivity index (χ4n) is 3.06. The molecule has 5 rings (SSSR count). The summed E-state index contributed by atoms with van der Waals surface area (Å²) in [5.41, 5.74) is 3.09. The molecule has 0 aliphatic heterocycles. The molecule has 142 valence electrons. The summed E-state index contributed by atoms with van der Waals surface area (Å²) in [4.78, 5) is 29.7. The highest BCUT2D eigenvalue weighted by Gasteiger charge is 2.18. The minimum absolute atomic E-state index is 0.0109. The van der Waals surface area contributed by atoms with Gasteiger partial charge in [-0.3, -0.25) is 14.9 Å². The van der Waals surface area contributed by atoms with Gasteiger partial charge in [0.1, 0.15) is 11.0 Å². The lowest BCUT2D eigenvalue weighted by atomic mass is 10.1. The average molecular weight is 402 g/mol. The first-order chi connectivity index (χ1) is 14.1. The fourth-order valence-corrected chi connectivity index (χ4v) is 3.77. The number of hydrogen-bond donors (Lipinski definition) is 1. The van der Waals surface area contributed by atoms with E-state index in [0.29, 0.717) is 16.1 Å². The molecule has 1 N–H and O–H groups in total. The number of furan rings is 1. The van der Waals surface area contributed by atoms with Gasteiger partial charge < -0.3 is 8.83 Å². The maximum Gasteiger partial charge on any atom is 0.302 e. The summed E-state index contributed by atoms with van der Waals surface area (Å²) >= 11 is 1.31. The van der Waals surface area contributed by atoms with Crippen LogP contribution in [-0.2, 0) is 0 Å². The Labute approximate surface area is 168 Å². The number of carbonyl (C=O) groups excluding carboxylic acids is 1. The second-order valence-corrected chi connectivity index (χ2v) is 7.46. The third kappa shape index (κ3) is 3.11.